The number of carbonyl (C=O) groups excluding carboxylic acids is 2. The minimum atomic E-state index is -0.925. The Hall–Kier alpha value is -2.57. The Balaban J connectivity index is 1.58. The number of rotatable bonds is 4. The Morgan fingerprint density at radius 2 is 1.86 bits per heavy atom. The molecule has 3 amide bonds. The monoisotopic (exact) mass is 419 g/mol. The summed E-state index contributed by atoms with van der Waals surface area (Å²) in [7, 11) is 0. The molecule has 1 unspecified atom stereocenters. The number of benzene rings is 2. The molecule has 2 aliphatic heterocycles. The van der Waals surface area contributed by atoms with Gasteiger partial charge in [0.1, 0.15) is 5.82 Å². The third-order valence-corrected chi connectivity index (χ3v) is 5.47. The number of halogens is 3. The molecule has 8 heteroatoms. The predicted molar refractivity (Wildman–Crippen MR) is 105 cm³/mol. The van der Waals surface area contributed by atoms with E-state index in [2.05, 4.69) is 10.6 Å². The van der Waals surface area contributed by atoms with Crippen LogP contribution in [0.25, 0.3) is 0 Å². The summed E-state index contributed by atoms with van der Waals surface area (Å²) in [4.78, 5) is 26.7. The molecule has 0 bridgehead atoms. The molecule has 144 valence electrons. The van der Waals surface area contributed by atoms with Crippen molar-refractivity contribution in [3.8, 4) is 0 Å². The Bertz CT molecular complexity index is 971. The number of hydrogen-bond acceptors (Lipinski definition) is 2. The fourth-order valence-corrected chi connectivity index (χ4v) is 3.93. The lowest BCUT2D eigenvalue weighted by atomic mass is 9.95. The summed E-state index contributed by atoms with van der Waals surface area (Å²) in [5.74, 6) is -0.820. The van der Waals surface area contributed by atoms with Gasteiger partial charge in [0.15, 0.2) is 0 Å². The topological polar surface area (TPSA) is 61.4 Å². The number of nitrogens with one attached hydrogen (secondary N) is 2. The number of urea groups is 1. The van der Waals surface area contributed by atoms with Crippen LogP contribution < -0.4 is 10.6 Å². The van der Waals surface area contributed by atoms with Crippen LogP contribution in [0.15, 0.2) is 53.7 Å². The molecule has 2 heterocycles. The number of amides is 3. The highest BCUT2D eigenvalue weighted by Gasteiger charge is 2.41. The Labute approximate surface area is 171 Å². The first-order valence-electron chi connectivity index (χ1n) is 8.72. The second-order valence-corrected chi connectivity index (χ2v) is 7.51. The van der Waals surface area contributed by atoms with Gasteiger partial charge in [0, 0.05) is 22.2 Å². The molecule has 0 radical (unpaired) electrons. The standard InChI is InChI=1S/C20H16Cl2FN3O2/c21-12-6-4-11(5-7-12)8-9-26-10-15-17(19(26)27)18(25-20(28)24-15)16-13(22)2-1-3-14(16)23/h1-7,18H,8-10H2,(H2,24,25,28). The van der Waals surface area contributed by atoms with E-state index in [1.807, 2.05) is 12.1 Å². The average molecular weight is 420 g/mol. The summed E-state index contributed by atoms with van der Waals surface area (Å²) in [5.41, 5.74) is 1.94. The van der Waals surface area contributed by atoms with Gasteiger partial charge >= 0.3 is 6.03 Å². The van der Waals surface area contributed by atoms with E-state index in [0.717, 1.165) is 5.56 Å². The van der Waals surface area contributed by atoms with Crippen LogP contribution in [0.3, 0.4) is 0 Å². The zero-order valence-corrected chi connectivity index (χ0v) is 16.1. The van der Waals surface area contributed by atoms with Gasteiger partial charge in [-0.25, -0.2) is 9.18 Å². The van der Waals surface area contributed by atoms with E-state index in [1.54, 1.807) is 17.0 Å². The number of hydrogen-bond donors (Lipinski definition) is 2. The van der Waals surface area contributed by atoms with Crippen LogP contribution in [-0.4, -0.2) is 29.9 Å². The molecule has 2 aliphatic rings. The van der Waals surface area contributed by atoms with Crippen molar-refractivity contribution in [2.75, 3.05) is 13.1 Å². The van der Waals surface area contributed by atoms with Gasteiger partial charge in [0.25, 0.3) is 5.91 Å². The zero-order valence-electron chi connectivity index (χ0n) is 14.6. The lowest BCUT2D eigenvalue weighted by Crippen LogP contribution is -2.44. The molecule has 0 aliphatic carbocycles. The zero-order chi connectivity index (χ0) is 19.8. The van der Waals surface area contributed by atoms with E-state index >= 15 is 0 Å². The molecule has 28 heavy (non-hydrogen) atoms. The quantitative estimate of drug-likeness (QED) is 0.790. The van der Waals surface area contributed by atoms with Crippen LogP contribution in [0, 0.1) is 5.82 Å². The third kappa shape index (κ3) is 3.45. The van der Waals surface area contributed by atoms with Crippen molar-refractivity contribution in [2.45, 2.75) is 12.5 Å². The Morgan fingerprint density at radius 3 is 2.57 bits per heavy atom. The van der Waals surface area contributed by atoms with Crippen molar-refractivity contribution >= 4 is 35.1 Å². The maximum absolute atomic E-state index is 14.4. The Kier molecular flexibility index (Phi) is 5.00. The second-order valence-electron chi connectivity index (χ2n) is 6.66. The van der Waals surface area contributed by atoms with Crippen molar-refractivity contribution in [1.29, 1.82) is 0 Å². The van der Waals surface area contributed by atoms with Crippen LogP contribution in [-0.2, 0) is 11.2 Å². The predicted octanol–water partition coefficient (Wildman–Crippen LogP) is 3.83. The first kappa shape index (κ1) is 18.8. The van der Waals surface area contributed by atoms with E-state index < -0.39 is 17.9 Å². The van der Waals surface area contributed by atoms with Gasteiger partial charge in [-0.2, -0.15) is 0 Å². The highest BCUT2D eigenvalue weighted by Crippen LogP contribution is 2.36. The number of carbonyl (C=O) groups is 2. The van der Waals surface area contributed by atoms with Crippen LogP contribution in [0.1, 0.15) is 17.2 Å². The molecular weight excluding hydrogens is 404 g/mol. The Morgan fingerprint density at radius 1 is 1.11 bits per heavy atom. The van der Waals surface area contributed by atoms with E-state index in [9.17, 15) is 14.0 Å². The van der Waals surface area contributed by atoms with Crippen molar-refractivity contribution < 1.29 is 14.0 Å². The maximum Gasteiger partial charge on any atom is 0.319 e. The summed E-state index contributed by atoms with van der Waals surface area (Å²) in [6.07, 6.45) is 0.635. The largest absolute Gasteiger partial charge is 0.333 e. The first-order chi connectivity index (χ1) is 13.4. The first-order valence-corrected chi connectivity index (χ1v) is 9.48. The molecule has 2 aromatic carbocycles. The lowest BCUT2D eigenvalue weighted by molar-refractivity contribution is -0.125. The van der Waals surface area contributed by atoms with Crippen LogP contribution in [0.5, 0.6) is 0 Å². The van der Waals surface area contributed by atoms with Gasteiger partial charge in [-0.1, -0.05) is 41.4 Å². The van der Waals surface area contributed by atoms with Gasteiger partial charge < -0.3 is 15.5 Å². The third-order valence-electron chi connectivity index (χ3n) is 4.89. The van der Waals surface area contributed by atoms with Crippen molar-refractivity contribution in [3.63, 3.8) is 0 Å². The fraction of sp³-hybridized carbons (Fsp3) is 0.200. The lowest BCUT2D eigenvalue weighted by Gasteiger charge is -2.26. The van der Waals surface area contributed by atoms with Gasteiger partial charge in [-0.15, -0.1) is 0 Å². The SMILES string of the molecule is O=C1NC2=C(C(=O)N(CCc3ccc(Cl)cc3)C2)C(c2c(F)cccc2Cl)N1. The summed E-state index contributed by atoms with van der Waals surface area (Å²) in [6, 6.07) is 10.3. The average Bonchev–Trinajstić information content (AvgIpc) is 2.96. The summed E-state index contributed by atoms with van der Waals surface area (Å²) < 4.78 is 14.4. The van der Waals surface area contributed by atoms with Crippen molar-refractivity contribution in [2.24, 2.45) is 0 Å². The highest BCUT2D eigenvalue weighted by atomic mass is 35.5. The fourth-order valence-electron chi connectivity index (χ4n) is 3.53. The molecule has 0 aromatic heterocycles. The summed E-state index contributed by atoms with van der Waals surface area (Å²) >= 11 is 12.1. The molecule has 5 nitrogen and oxygen atoms in total. The number of nitrogens with zero attached hydrogens (tertiary/aromatic N) is 1. The van der Waals surface area contributed by atoms with Gasteiger partial charge in [-0.3, -0.25) is 4.79 Å². The van der Waals surface area contributed by atoms with Gasteiger partial charge in [0.2, 0.25) is 0 Å². The van der Waals surface area contributed by atoms with Crippen LogP contribution in [0.2, 0.25) is 10.0 Å². The van der Waals surface area contributed by atoms with Crippen molar-refractivity contribution in [3.05, 3.63) is 80.7 Å². The highest BCUT2D eigenvalue weighted by molar-refractivity contribution is 6.31. The molecule has 0 saturated carbocycles. The van der Waals surface area contributed by atoms with Crippen LogP contribution >= 0.6 is 23.2 Å². The van der Waals surface area contributed by atoms with Gasteiger partial charge in [-0.05, 0) is 36.2 Å². The molecule has 0 fully saturated rings. The maximum atomic E-state index is 14.4. The molecule has 0 spiro atoms. The van der Waals surface area contributed by atoms with E-state index in [-0.39, 0.29) is 23.0 Å². The second kappa shape index (κ2) is 7.45. The smallest absolute Gasteiger partial charge is 0.319 e. The molecular formula is C20H16Cl2FN3O2. The van der Waals surface area contributed by atoms with E-state index in [4.69, 9.17) is 23.2 Å². The van der Waals surface area contributed by atoms with E-state index in [0.29, 0.717) is 29.3 Å². The molecule has 4 rings (SSSR count). The minimum Gasteiger partial charge on any atom is -0.333 e. The minimum absolute atomic E-state index is 0.0967. The normalized spacial score (nSPS) is 18.8. The summed E-state index contributed by atoms with van der Waals surface area (Å²) in [5, 5.41) is 6.10. The molecule has 0 saturated heterocycles. The van der Waals surface area contributed by atoms with Crippen LogP contribution in [0.4, 0.5) is 9.18 Å². The molecule has 2 aromatic rings. The summed E-state index contributed by atoms with van der Waals surface area (Å²) in [6.45, 7) is 0.721. The molecule has 1 atom stereocenters. The van der Waals surface area contributed by atoms with Gasteiger partial charge in [0.05, 0.1) is 23.9 Å². The molecule has 2 N–H and O–H groups in total. The van der Waals surface area contributed by atoms with E-state index in [1.165, 1.54) is 18.2 Å². The van der Waals surface area contributed by atoms with Crippen molar-refractivity contribution in [1.82, 2.24) is 15.5 Å².